The van der Waals surface area contributed by atoms with E-state index < -0.39 is 16.0 Å². The second-order valence-corrected chi connectivity index (χ2v) is 5.77. The second kappa shape index (κ2) is 3.59. The van der Waals surface area contributed by atoms with Gasteiger partial charge in [0.05, 0.1) is 17.3 Å². The molecule has 2 rings (SSSR count). The van der Waals surface area contributed by atoms with Crippen LogP contribution in [0.2, 0.25) is 0 Å². The van der Waals surface area contributed by atoms with Crippen LogP contribution in [0.1, 0.15) is 15.9 Å². The number of benzene rings is 1. The predicted molar refractivity (Wildman–Crippen MR) is 63.9 cm³/mol. The fourth-order valence-electron chi connectivity index (χ4n) is 1.81. The lowest BCUT2D eigenvalue weighted by Gasteiger charge is -2.04. The van der Waals surface area contributed by atoms with E-state index in [9.17, 15) is 13.2 Å². The minimum Gasteiger partial charge on any atom is -0.478 e. The molecular weight excluding hydrogens is 242 g/mol. The molecule has 90 valence electrons. The van der Waals surface area contributed by atoms with Gasteiger partial charge in [0.1, 0.15) is 0 Å². The summed E-state index contributed by atoms with van der Waals surface area (Å²) in [4.78, 5) is 10.9. The lowest BCUT2D eigenvalue weighted by molar-refractivity contribution is 0.0697. The standard InChI is InChI=1S/C11H11NO4S/c1-7-5-8(11(13)14)6-10-9(7)3-4-12(10)17(2,15)16/h3-6H,1-2H3,(H,13,14). The topological polar surface area (TPSA) is 76.4 Å². The molecule has 0 aliphatic rings. The molecule has 0 unspecified atom stereocenters. The Balaban J connectivity index is 2.88. The summed E-state index contributed by atoms with van der Waals surface area (Å²) < 4.78 is 24.1. The van der Waals surface area contributed by atoms with Crippen LogP contribution in [0.5, 0.6) is 0 Å². The highest BCUT2D eigenvalue weighted by Crippen LogP contribution is 2.23. The van der Waals surface area contributed by atoms with Gasteiger partial charge in [0.15, 0.2) is 0 Å². The highest BCUT2D eigenvalue weighted by molar-refractivity contribution is 7.89. The van der Waals surface area contributed by atoms with Gasteiger partial charge in [-0.3, -0.25) is 0 Å². The number of carboxylic acids is 1. The summed E-state index contributed by atoms with van der Waals surface area (Å²) in [6, 6.07) is 4.56. The Morgan fingerprint density at radius 3 is 2.53 bits per heavy atom. The van der Waals surface area contributed by atoms with Crippen molar-refractivity contribution in [1.82, 2.24) is 3.97 Å². The van der Waals surface area contributed by atoms with E-state index >= 15 is 0 Å². The Kier molecular flexibility index (Phi) is 2.46. The number of nitrogens with zero attached hydrogens (tertiary/aromatic N) is 1. The smallest absolute Gasteiger partial charge is 0.335 e. The maximum absolute atomic E-state index is 11.5. The van der Waals surface area contributed by atoms with Gasteiger partial charge in [0.2, 0.25) is 10.0 Å². The van der Waals surface area contributed by atoms with Crippen molar-refractivity contribution in [3.63, 3.8) is 0 Å². The first kappa shape index (κ1) is 11.7. The van der Waals surface area contributed by atoms with Crippen LogP contribution in [0.15, 0.2) is 24.4 Å². The van der Waals surface area contributed by atoms with Gasteiger partial charge < -0.3 is 5.11 Å². The number of carboxylic acid groups (broad SMARTS) is 1. The average Bonchev–Trinajstić information content (AvgIpc) is 2.60. The molecule has 0 atom stereocenters. The number of aromatic nitrogens is 1. The van der Waals surface area contributed by atoms with Crippen LogP contribution in [-0.4, -0.2) is 29.7 Å². The zero-order chi connectivity index (χ0) is 12.8. The summed E-state index contributed by atoms with van der Waals surface area (Å²) >= 11 is 0. The summed E-state index contributed by atoms with van der Waals surface area (Å²) in [5.41, 5.74) is 1.21. The predicted octanol–water partition coefficient (Wildman–Crippen LogP) is 1.46. The molecule has 1 aromatic heterocycles. The zero-order valence-corrected chi connectivity index (χ0v) is 10.2. The van der Waals surface area contributed by atoms with Gasteiger partial charge in [-0.05, 0) is 30.7 Å². The normalized spacial score (nSPS) is 11.9. The molecule has 0 aliphatic heterocycles. The Labute approximate surface area is 98.3 Å². The fourth-order valence-corrected chi connectivity index (χ4v) is 2.60. The molecule has 0 bridgehead atoms. The van der Waals surface area contributed by atoms with Crippen LogP contribution < -0.4 is 0 Å². The minimum absolute atomic E-state index is 0.0820. The van der Waals surface area contributed by atoms with E-state index in [-0.39, 0.29) is 5.56 Å². The van der Waals surface area contributed by atoms with Crippen molar-refractivity contribution < 1.29 is 18.3 Å². The van der Waals surface area contributed by atoms with Gasteiger partial charge in [0.25, 0.3) is 0 Å². The van der Waals surface area contributed by atoms with E-state index in [0.717, 1.165) is 21.2 Å². The van der Waals surface area contributed by atoms with Crippen molar-refractivity contribution in [2.24, 2.45) is 0 Å². The van der Waals surface area contributed by atoms with E-state index in [1.807, 2.05) is 0 Å². The van der Waals surface area contributed by atoms with E-state index in [2.05, 4.69) is 0 Å². The Bertz CT molecular complexity index is 712. The lowest BCUT2D eigenvalue weighted by atomic mass is 10.1. The Morgan fingerprint density at radius 2 is 2.00 bits per heavy atom. The van der Waals surface area contributed by atoms with E-state index in [1.54, 1.807) is 13.0 Å². The molecule has 0 amide bonds. The third-order valence-electron chi connectivity index (χ3n) is 2.58. The third-order valence-corrected chi connectivity index (χ3v) is 3.62. The lowest BCUT2D eigenvalue weighted by Crippen LogP contribution is -2.09. The highest BCUT2D eigenvalue weighted by atomic mass is 32.2. The molecule has 0 saturated heterocycles. The van der Waals surface area contributed by atoms with Gasteiger partial charge in [-0.2, -0.15) is 0 Å². The highest BCUT2D eigenvalue weighted by Gasteiger charge is 2.14. The van der Waals surface area contributed by atoms with Gasteiger partial charge >= 0.3 is 5.97 Å². The second-order valence-electron chi connectivity index (χ2n) is 3.91. The quantitative estimate of drug-likeness (QED) is 0.879. The number of aromatic carboxylic acids is 1. The molecular formula is C11H11NO4S. The van der Waals surface area contributed by atoms with Crippen LogP contribution in [0, 0.1) is 6.92 Å². The maximum atomic E-state index is 11.5. The van der Waals surface area contributed by atoms with Gasteiger partial charge in [0, 0.05) is 11.6 Å². The summed E-state index contributed by atoms with van der Waals surface area (Å²) in [5, 5.41) is 9.68. The molecule has 17 heavy (non-hydrogen) atoms. The molecule has 0 saturated carbocycles. The number of aryl methyl sites for hydroxylation is 1. The third kappa shape index (κ3) is 1.91. The molecule has 0 radical (unpaired) electrons. The SMILES string of the molecule is Cc1cc(C(=O)O)cc2c1ccn2S(C)(=O)=O. The monoisotopic (exact) mass is 253 g/mol. The van der Waals surface area contributed by atoms with Gasteiger partial charge in [-0.15, -0.1) is 0 Å². The van der Waals surface area contributed by atoms with Crippen LogP contribution in [-0.2, 0) is 10.0 Å². The van der Waals surface area contributed by atoms with Gasteiger partial charge in [-0.25, -0.2) is 17.2 Å². The van der Waals surface area contributed by atoms with Crippen molar-refractivity contribution in [3.8, 4) is 0 Å². The van der Waals surface area contributed by atoms with E-state index in [4.69, 9.17) is 5.11 Å². The number of rotatable bonds is 2. The minimum atomic E-state index is -3.42. The number of fused-ring (bicyclic) bond motifs is 1. The molecule has 0 aliphatic carbocycles. The molecule has 1 aromatic carbocycles. The molecule has 0 fully saturated rings. The van der Waals surface area contributed by atoms with Crippen molar-refractivity contribution in [1.29, 1.82) is 0 Å². The first-order valence-electron chi connectivity index (χ1n) is 4.86. The fraction of sp³-hybridized carbons (Fsp3) is 0.182. The molecule has 0 spiro atoms. The first-order valence-corrected chi connectivity index (χ1v) is 6.71. The molecule has 6 heteroatoms. The van der Waals surface area contributed by atoms with E-state index in [1.165, 1.54) is 18.3 Å². The van der Waals surface area contributed by atoms with Crippen LogP contribution in [0.3, 0.4) is 0 Å². The Hall–Kier alpha value is -1.82. The van der Waals surface area contributed by atoms with Crippen molar-refractivity contribution in [2.45, 2.75) is 6.92 Å². The number of hydrogen-bond acceptors (Lipinski definition) is 3. The summed E-state index contributed by atoms with van der Waals surface area (Å²) in [6.45, 7) is 1.75. The average molecular weight is 253 g/mol. The Morgan fingerprint density at radius 1 is 1.35 bits per heavy atom. The largest absolute Gasteiger partial charge is 0.478 e. The molecule has 2 aromatic rings. The van der Waals surface area contributed by atoms with Crippen LogP contribution in [0.4, 0.5) is 0 Å². The molecule has 1 heterocycles. The van der Waals surface area contributed by atoms with Crippen LogP contribution >= 0.6 is 0 Å². The molecule has 1 N–H and O–H groups in total. The maximum Gasteiger partial charge on any atom is 0.335 e. The zero-order valence-electron chi connectivity index (χ0n) is 9.34. The summed E-state index contributed by atoms with van der Waals surface area (Å²) in [7, 11) is -3.42. The summed E-state index contributed by atoms with van der Waals surface area (Å²) in [5.74, 6) is -1.07. The number of hydrogen-bond donors (Lipinski definition) is 1. The van der Waals surface area contributed by atoms with Crippen molar-refractivity contribution >= 4 is 26.9 Å². The van der Waals surface area contributed by atoms with Crippen LogP contribution in [0.25, 0.3) is 10.9 Å². The van der Waals surface area contributed by atoms with Crippen molar-refractivity contribution in [2.75, 3.05) is 6.26 Å². The summed E-state index contributed by atoms with van der Waals surface area (Å²) in [6.07, 6.45) is 2.51. The first-order chi connectivity index (χ1) is 7.80. The van der Waals surface area contributed by atoms with E-state index in [0.29, 0.717) is 5.52 Å². The van der Waals surface area contributed by atoms with Crippen molar-refractivity contribution in [3.05, 3.63) is 35.5 Å². The number of carbonyl (C=O) groups is 1. The molecule has 5 nitrogen and oxygen atoms in total. The van der Waals surface area contributed by atoms with Gasteiger partial charge in [-0.1, -0.05) is 0 Å².